The number of esters is 1. The molecular weight excluding hydrogens is 289 g/mol. The SMILES string of the molecule is COC(=O)c1ccn2c(COc3ccc(F)cc3)nnc2c1. The molecule has 6 nitrogen and oxygen atoms in total. The van der Waals surface area contributed by atoms with E-state index in [9.17, 15) is 9.18 Å². The summed E-state index contributed by atoms with van der Waals surface area (Å²) in [5, 5.41) is 8.00. The molecule has 7 heteroatoms. The minimum absolute atomic E-state index is 0.171. The molecule has 0 atom stereocenters. The number of benzene rings is 1. The Hall–Kier alpha value is -2.96. The third-order valence-corrected chi connectivity index (χ3v) is 3.08. The molecule has 0 aliphatic carbocycles. The third-order valence-electron chi connectivity index (χ3n) is 3.08. The van der Waals surface area contributed by atoms with Crippen molar-refractivity contribution in [2.24, 2.45) is 0 Å². The van der Waals surface area contributed by atoms with Crippen LogP contribution in [0.5, 0.6) is 5.75 Å². The molecule has 1 aromatic carbocycles. The molecule has 2 heterocycles. The minimum atomic E-state index is -0.436. The first kappa shape index (κ1) is 14.0. The molecule has 0 aliphatic rings. The van der Waals surface area contributed by atoms with Crippen LogP contribution in [-0.4, -0.2) is 27.7 Å². The van der Waals surface area contributed by atoms with E-state index in [0.717, 1.165) is 0 Å². The Bertz CT molecular complexity index is 815. The lowest BCUT2D eigenvalue weighted by Gasteiger charge is -2.05. The molecule has 3 aromatic rings. The van der Waals surface area contributed by atoms with Crippen LogP contribution < -0.4 is 4.74 Å². The van der Waals surface area contributed by atoms with E-state index in [2.05, 4.69) is 14.9 Å². The summed E-state index contributed by atoms with van der Waals surface area (Å²) in [6, 6.07) is 8.91. The second kappa shape index (κ2) is 5.80. The van der Waals surface area contributed by atoms with Crippen LogP contribution in [0.2, 0.25) is 0 Å². The molecule has 0 saturated heterocycles. The zero-order valence-electron chi connectivity index (χ0n) is 11.7. The molecule has 0 unspecified atom stereocenters. The fraction of sp³-hybridized carbons (Fsp3) is 0.133. The van der Waals surface area contributed by atoms with Crippen LogP contribution in [0, 0.1) is 5.82 Å². The van der Waals surface area contributed by atoms with E-state index < -0.39 is 5.97 Å². The fourth-order valence-electron chi connectivity index (χ4n) is 1.96. The molecule has 0 radical (unpaired) electrons. The molecule has 0 bridgehead atoms. The van der Waals surface area contributed by atoms with Crippen molar-refractivity contribution in [2.45, 2.75) is 6.61 Å². The van der Waals surface area contributed by atoms with Gasteiger partial charge in [0.25, 0.3) is 0 Å². The van der Waals surface area contributed by atoms with E-state index >= 15 is 0 Å². The molecule has 2 aromatic heterocycles. The van der Waals surface area contributed by atoms with Crippen LogP contribution in [0.4, 0.5) is 4.39 Å². The summed E-state index contributed by atoms with van der Waals surface area (Å²) >= 11 is 0. The highest BCUT2D eigenvalue weighted by Gasteiger charge is 2.10. The first-order valence-corrected chi connectivity index (χ1v) is 6.48. The highest BCUT2D eigenvalue weighted by molar-refractivity contribution is 5.90. The number of fused-ring (bicyclic) bond motifs is 1. The summed E-state index contributed by atoms with van der Waals surface area (Å²) in [6.45, 7) is 0.171. The zero-order chi connectivity index (χ0) is 15.5. The van der Waals surface area contributed by atoms with Crippen molar-refractivity contribution in [1.29, 1.82) is 0 Å². The Labute approximate surface area is 125 Å². The number of rotatable bonds is 4. The summed E-state index contributed by atoms with van der Waals surface area (Å²) in [4.78, 5) is 11.5. The number of hydrogen-bond donors (Lipinski definition) is 0. The lowest BCUT2D eigenvalue weighted by molar-refractivity contribution is 0.0600. The summed E-state index contributed by atoms with van der Waals surface area (Å²) < 4.78 is 24.7. The van der Waals surface area contributed by atoms with Gasteiger partial charge in [0, 0.05) is 6.20 Å². The van der Waals surface area contributed by atoms with E-state index in [-0.39, 0.29) is 12.4 Å². The molecular formula is C15H12FN3O3. The summed E-state index contributed by atoms with van der Waals surface area (Å²) in [5.74, 6) is 0.338. The van der Waals surface area contributed by atoms with Gasteiger partial charge in [0.15, 0.2) is 11.5 Å². The van der Waals surface area contributed by atoms with Crippen molar-refractivity contribution in [2.75, 3.05) is 7.11 Å². The topological polar surface area (TPSA) is 65.7 Å². The van der Waals surface area contributed by atoms with Crippen molar-refractivity contribution in [3.8, 4) is 5.75 Å². The molecule has 0 N–H and O–H groups in total. The van der Waals surface area contributed by atoms with Crippen molar-refractivity contribution in [1.82, 2.24) is 14.6 Å². The molecule has 22 heavy (non-hydrogen) atoms. The maximum atomic E-state index is 12.8. The number of pyridine rings is 1. The quantitative estimate of drug-likeness (QED) is 0.691. The Morgan fingerprint density at radius 2 is 2.00 bits per heavy atom. The number of hydrogen-bond acceptors (Lipinski definition) is 5. The van der Waals surface area contributed by atoms with Crippen LogP contribution in [0.1, 0.15) is 16.2 Å². The highest BCUT2D eigenvalue weighted by Crippen LogP contribution is 2.14. The van der Waals surface area contributed by atoms with Gasteiger partial charge in [-0.15, -0.1) is 10.2 Å². The monoisotopic (exact) mass is 301 g/mol. The number of methoxy groups -OCH3 is 1. The predicted octanol–water partition coefficient (Wildman–Crippen LogP) is 2.23. The lowest BCUT2D eigenvalue weighted by Crippen LogP contribution is -2.04. The first-order chi connectivity index (χ1) is 10.7. The zero-order valence-corrected chi connectivity index (χ0v) is 11.7. The largest absolute Gasteiger partial charge is 0.486 e. The maximum Gasteiger partial charge on any atom is 0.338 e. The van der Waals surface area contributed by atoms with Crippen LogP contribution >= 0.6 is 0 Å². The van der Waals surface area contributed by atoms with Gasteiger partial charge in [-0.1, -0.05) is 0 Å². The summed E-state index contributed by atoms with van der Waals surface area (Å²) in [5.41, 5.74) is 0.911. The average molecular weight is 301 g/mol. The molecule has 0 aliphatic heterocycles. The average Bonchev–Trinajstić information content (AvgIpc) is 2.96. The van der Waals surface area contributed by atoms with E-state index in [1.807, 2.05) is 0 Å². The Morgan fingerprint density at radius 3 is 2.73 bits per heavy atom. The summed E-state index contributed by atoms with van der Waals surface area (Å²) in [7, 11) is 1.32. The molecule has 0 fully saturated rings. The van der Waals surface area contributed by atoms with Gasteiger partial charge < -0.3 is 9.47 Å². The van der Waals surface area contributed by atoms with Gasteiger partial charge in [-0.2, -0.15) is 0 Å². The van der Waals surface area contributed by atoms with Crippen LogP contribution in [-0.2, 0) is 11.3 Å². The van der Waals surface area contributed by atoms with Gasteiger partial charge in [0.2, 0.25) is 0 Å². The third kappa shape index (κ3) is 2.73. The maximum absolute atomic E-state index is 12.8. The molecule has 0 saturated carbocycles. The van der Waals surface area contributed by atoms with Crippen molar-refractivity contribution < 1.29 is 18.7 Å². The molecule has 0 spiro atoms. The standard InChI is InChI=1S/C15H12FN3O3/c1-21-15(20)10-6-7-19-13(8-10)17-18-14(19)9-22-12-4-2-11(16)3-5-12/h2-8H,9H2,1H3. The second-order valence-corrected chi connectivity index (χ2v) is 4.49. The lowest BCUT2D eigenvalue weighted by atomic mass is 10.2. The Morgan fingerprint density at radius 1 is 1.23 bits per heavy atom. The first-order valence-electron chi connectivity index (χ1n) is 6.48. The van der Waals surface area contributed by atoms with Crippen LogP contribution in [0.25, 0.3) is 5.65 Å². The van der Waals surface area contributed by atoms with Gasteiger partial charge in [-0.25, -0.2) is 9.18 Å². The van der Waals surface area contributed by atoms with Gasteiger partial charge in [0.1, 0.15) is 18.2 Å². The smallest absolute Gasteiger partial charge is 0.338 e. The number of aromatic nitrogens is 3. The van der Waals surface area contributed by atoms with Gasteiger partial charge in [-0.3, -0.25) is 4.40 Å². The Kier molecular flexibility index (Phi) is 3.69. The highest BCUT2D eigenvalue weighted by atomic mass is 19.1. The number of ether oxygens (including phenoxy) is 2. The van der Waals surface area contributed by atoms with Crippen LogP contribution in [0.15, 0.2) is 42.6 Å². The van der Waals surface area contributed by atoms with E-state index in [1.54, 1.807) is 22.7 Å². The van der Waals surface area contributed by atoms with Gasteiger partial charge >= 0.3 is 5.97 Å². The molecule has 112 valence electrons. The van der Waals surface area contributed by atoms with E-state index in [0.29, 0.717) is 22.8 Å². The fourth-order valence-corrected chi connectivity index (χ4v) is 1.96. The van der Waals surface area contributed by atoms with Gasteiger partial charge in [0.05, 0.1) is 12.7 Å². The normalized spacial score (nSPS) is 10.6. The number of nitrogens with zero attached hydrogens (tertiary/aromatic N) is 3. The number of carbonyl (C=O) groups is 1. The van der Waals surface area contributed by atoms with Crippen molar-refractivity contribution in [3.63, 3.8) is 0 Å². The van der Waals surface area contributed by atoms with Crippen molar-refractivity contribution in [3.05, 3.63) is 59.8 Å². The van der Waals surface area contributed by atoms with Gasteiger partial charge in [-0.05, 0) is 36.4 Å². The number of carbonyl (C=O) groups excluding carboxylic acids is 1. The number of halogens is 1. The second-order valence-electron chi connectivity index (χ2n) is 4.49. The molecule has 0 amide bonds. The van der Waals surface area contributed by atoms with E-state index in [4.69, 9.17) is 4.74 Å². The van der Waals surface area contributed by atoms with Crippen molar-refractivity contribution >= 4 is 11.6 Å². The Balaban J connectivity index is 1.79. The molecule has 3 rings (SSSR count). The van der Waals surface area contributed by atoms with E-state index in [1.165, 1.54) is 31.4 Å². The minimum Gasteiger partial charge on any atom is -0.486 e. The predicted molar refractivity (Wildman–Crippen MR) is 75.1 cm³/mol. The summed E-state index contributed by atoms with van der Waals surface area (Å²) in [6.07, 6.45) is 1.67. The van der Waals surface area contributed by atoms with Crippen LogP contribution in [0.3, 0.4) is 0 Å².